The van der Waals surface area contributed by atoms with Crippen molar-refractivity contribution < 1.29 is 23.5 Å². The van der Waals surface area contributed by atoms with Crippen molar-refractivity contribution in [3.05, 3.63) is 12.2 Å². The molecule has 5 nitrogen and oxygen atoms in total. The molecule has 0 heterocycles. The van der Waals surface area contributed by atoms with Gasteiger partial charge in [0.15, 0.2) is 0 Å². The van der Waals surface area contributed by atoms with E-state index in [0.29, 0.717) is 5.57 Å². The second kappa shape index (κ2) is 7.74. The molecular formula is C10H19O5P. The van der Waals surface area contributed by atoms with Gasteiger partial charge in [-0.15, -0.1) is 0 Å². The minimum atomic E-state index is -3.31. The van der Waals surface area contributed by atoms with Crippen LogP contribution in [0, 0.1) is 0 Å². The van der Waals surface area contributed by atoms with Crippen molar-refractivity contribution in [2.45, 2.75) is 20.3 Å². The number of ketones is 1. The maximum Gasteiger partial charge on any atom is 0.338 e. The number of carbonyl (C=O) groups excluding carboxylic acids is 1. The molecule has 0 amide bonds. The van der Waals surface area contributed by atoms with Gasteiger partial charge in [-0.25, -0.2) is 0 Å². The zero-order chi connectivity index (χ0) is 12.6. The van der Waals surface area contributed by atoms with Crippen molar-refractivity contribution in [3.8, 4) is 0 Å². The molecule has 6 heteroatoms. The Balaban J connectivity index is 4.34. The second-order valence-electron chi connectivity index (χ2n) is 3.23. The highest BCUT2D eigenvalue weighted by molar-refractivity contribution is 7.54. The summed E-state index contributed by atoms with van der Waals surface area (Å²) in [5.41, 5.74) is 0.393. The molecule has 0 saturated carbocycles. The van der Waals surface area contributed by atoms with Crippen LogP contribution in [0.25, 0.3) is 0 Å². The Hall–Kier alpha value is -0.480. The van der Waals surface area contributed by atoms with E-state index >= 15 is 0 Å². The molecule has 0 aromatic rings. The molecule has 0 aromatic heterocycles. The van der Waals surface area contributed by atoms with Crippen LogP contribution in [-0.2, 0) is 18.4 Å². The standard InChI is InChI=1S/C10H19O5P/c1-4-14-16(13,15-5-2)8-10(12)6-9(3)7-11/h11H,3-8H2,1-2H3. The number of carbonyl (C=O) groups is 1. The molecule has 0 spiro atoms. The van der Waals surface area contributed by atoms with Crippen molar-refractivity contribution in [1.29, 1.82) is 0 Å². The number of Topliss-reactive ketones (excluding diaryl/α,β-unsaturated/α-hetero) is 1. The van der Waals surface area contributed by atoms with Crippen molar-refractivity contribution in [2.75, 3.05) is 26.0 Å². The second-order valence-corrected chi connectivity index (χ2v) is 5.28. The molecule has 0 aromatic carbocycles. The van der Waals surface area contributed by atoms with Gasteiger partial charge in [0.2, 0.25) is 0 Å². The zero-order valence-corrected chi connectivity index (χ0v) is 10.7. The molecule has 0 aliphatic heterocycles. The summed E-state index contributed by atoms with van der Waals surface area (Å²) in [6.45, 7) is 7.06. The lowest BCUT2D eigenvalue weighted by molar-refractivity contribution is -0.116. The van der Waals surface area contributed by atoms with Gasteiger partial charge in [0.25, 0.3) is 0 Å². The summed E-state index contributed by atoms with van der Waals surface area (Å²) in [6.07, 6.45) is -0.270. The first-order valence-corrected chi connectivity index (χ1v) is 6.87. The molecule has 0 radical (unpaired) electrons. The molecule has 94 valence electrons. The van der Waals surface area contributed by atoms with Gasteiger partial charge >= 0.3 is 7.60 Å². The quantitative estimate of drug-likeness (QED) is 0.498. The van der Waals surface area contributed by atoms with Gasteiger partial charge in [-0.1, -0.05) is 6.58 Å². The Morgan fingerprint density at radius 3 is 2.19 bits per heavy atom. The van der Waals surface area contributed by atoms with E-state index < -0.39 is 7.60 Å². The van der Waals surface area contributed by atoms with Crippen LogP contribution in [0.1, 0.15) is 20.3 Å². The summed E-state index contributed by atoms with van der Waals surface area (Å²) >= 11 is 0. The fraction of sp³-hybridized carbons (Fsp3) is 0.700. The van der Waals surface area contributed by atoms with Crippen LogP contribution in [0.15, 0.2) is 12.2 Å². The average Bonchev–Trinajstić information content (AvgIpc) is 2.17. The first kappa shape index (κ1) is 15.5. The van der Waals surface area contributed by atoms with Crippen LogP contribution in [0.5, 0.6) is 0 Å². The third-order valence-electron chi connectivity index (χ3n) is 1.69. The van der Waals surface area contributed by atoms with Gasteiger partial charge in [-0.2, -0.15) is 0 Å². The molecule has 0 rings (SSSR count). The molecular weight excluding hydrogens is 231 g/mol. The minimum Gasteiger partial charge on any atom is -0.392 e. The largest absolute Gasteiger partial charge is 0.392 e. The maximum atomic E-state index is 11.9. The molecule has 1 N–H and O–H groups in total. The monoisotopic (exact) mass is 250 g/mol. The highest BCUT2D eigenvalue weighted by Crippen LogP contribution is 2.48. The summed E-state index contributed by atoms with van der Waals surface area (Å²) in [7, 11) is -3.31. The molecule has 0 bridgehead atoms. The number of hydrogen-bond acceptors (Lipinski definition) is 5. The average molecular weight is 250 g/mol. The normalized spacial score (nSPS) is 11.4. The molecule has 0 saturated heterocycles. The predicted molar refractivity (Wildman–Crippen MR) is 61.6 cm³/mol. The minimum absolute atomic E-state index is 0.000634. The third kappa shape index (κ3) is 6.18. The lowest BCUT2D eigenvalue weighted by Crippen LogP contribution is -2.11. The summed E-state index contributed by atoms with van der Waals surface area (Å²) in [5.74, 6) is -0.302. The third-order valence-corrected chi connectivity index (χ3v) is 3.74. The predicted octanol–water partition coefficient (Wildman–Crippen LogP) is 1.76. The van der Waals surface area contributed by atoms with Crippen LogP contribution < -0.4 is 0 Å². The van der Waals surface area contributed by atoms with Crippen LogP contribution in [0.4, 0.5) is 0 Å². The highest BCUT2D eigenvalue weighted by atomic mass is 31.2. The molecule has 0 atom stereocenters. The number of aliphatic hydroxyl groups excluding tert-OH is 1. The SMILES string of the molecule is C=C(CO)CC(=O)CP(=O)(OCC)OCC. The van der Waals surface area contributed by atoms with Crippen LogP contribution in [0.3, 0.4) is 0 Å². The van der Waals surface area contributed by atoms with E-state index in [0.717, 1.165) is 0 Å². The smallest absolute Gasteiger partial charge is 0.338 e. The fourth-order valence-electron chi connectivity index (χ4n) is 1.13. The van der Waals surface area contributed by atoms with Gasteiger partial charge in [0, 0.05) is 6.42 Å². The zero-order valence-electron chi connectivity index (χ0n) is 9.77. The summed E-state index contributed by atoms with van der Waals surface area (Å²) in [5, 5.41) is 8.71. The molecule has 0 unspecified atom stereocenters. The molecule has 0 fully saturated rings. The van der Waals surface area contributed by atoms with Gasteiger partial charge < -0.3 is 14.2 Å². The fourth-order valence-corrected chi connectivity index (χ4v) is 2.72. The highest BCUT2D eigenvalue weighted by Gasteiger charge is 2.27. The first-order valence-electron chi connectivity index (χ1n) is 5.14. The Morgan fingerprint density at radius 1 is 1.31 bits per heavy atom. The summed E-state index contributed by atoms with van der Waals surface area (Å²) < 4.78 is 21.9. The first-order chi connectivity index (χ1) is 7.47. The van der Waals surface area contributed by atoms with Crippen molar-refractivity contribution in [1.82, 2.24) is 0 Å². The molecule has 0 aliphatic rings. The van der Waals surface area contributed by atoms with E-state index in [4.69, 9.17) is 14.2 Å². The van der Waals surface area contributed by atoms with Gasteiger partial charge in [0.05, 0.1) is 19.8 Å². The Morgan fingerprint density at radius 2 is 1.81 bits per heavy atom. The van der Waals surface area contributed by atoms with Crippen molar-refractivity contribution >= 4 is 13.4 Å². The Bertz CT molecular complexity index is 277. The van der Waals surface area contributed by atoms with Crippen molar-refractivity contribution in [3.63, 3.8) is 0 Å². The van der Waals surface area contributed by atoms with Crippen molar-refractivity contribution in [2.24, 2.45) is 0 Å². The molecule has 0 aliphatic carbocycles. The van der Waals surface area contributed by atoms with E-state index in [-0.39, 0.29) is 38.2 Å². The topological polar surface area (TPSA) is 72.8 Å². The van der Waals surface area contributed by atoms with E-state index in [1.807, 2.05) is 0 Å². The van der Waals surface area contributed by atoms with Gasteiger partial charge in [0.1, 0.15) is 11.9 Å². The van der Waals surface area contributed by atoms with Gasteiger partial charge in [-0.3, -0.25) is 9.36 Å². The lowest BCUT2D eigenvalue weighted by atomic mass is 10.2. The lowest BCUT2D eigenvalue weighted by Gasteiger charge is -2.16. The maximum absolute atomic E-state index is 11.9. The van der Waals surface area contributed by atoms with Gasteiger partial charge in [-0.05, 0) is 19.4 Å². The van der Waals surface area contributed by atoms with Crippen LogP contribution in [0.2, 0.25) is 0 Å². The van der Waals surface area contributed by atoms with Crippen LogP contribution in [-0.4, -0.2) is 36.9 Å². The summed E-state index contributed by atoms with van der Waals surface area (Å²) in [6, 6.07) is 0. The Kier molecular flexibility index (Phi) is 7.51. The summed E-state index contributed by atoms with van der Waals surface area (Å²) in [4.78, 5) is 11.5. The van der Waals surface area contributed by atoms with E-state index in [9.17, 15) is 9.36 Å². The molecule has 16 heavy (non-hydrogen) atoms. The van der Waals surface area contributed by atoms with Crippen LogP contribution >= 0.6 is 7.60 Å². The number of rotatable bonds is 9. The number of hydrogen-bond donors (Lipinski definition) is 1. The Labute approximate surface area is 96.0 Å². The van der Waals surface area contributed by atoms with E-state index in [2.05, 4.69) is 6.58 Å². The van der Waals surface area contributed by atoms with E-state index in [1.165, 1.54) is 0 Å². The van der Waals surface area contributed by atoms with E-state index in [1.54, 1.807) is 13.8 Å². The number of aliphatic hydroxyl groups is 1.